The van der Waals surface area contributed by atoms with E-state index in [0.717, 1.165) is 5.56 Å². The molecule has 1 atom stereocenters. The summed E-state index contributed by atoms with van der Waals surface area (Å²) >= 11 is 5.14. The van der Waals surface area contributed by atoms with Crippen molar-refractivity contribution in [2.24, 2.45) is 10.9 Å². The van der Waals surface area contributed by atoms with E-state index < -0.39 is 23.7 Å². The van der Waals surface area contributed by atoms with Gasteiger partial charge in [-0.2, -0.15) is 0 Å². The van der Waals surface area contributed by atoms with Crippen molar-refractivity contribution in [1.82, 2.24) is 5.32 Å². The van der Waals surface area contributed by atoms with E-state index in [1.165, 1.54) is 35.4 Å². The summed E-state index contributed by atoms with van der Waals surface area (Å²) in [6, 6.07) is 13.0. The Balaban J connectivity index is 1.84. The van der Waals surface area contributed by atoms with Crippen LogP contribution in [0.25, 0.3) is 0 Å². The second kappa shape index (κ2) is 7.46. The topological polar surface area (TPSA) is 99.1 Å². The number of hydrogen-bond acceptors (Lipinski definition) is 5. The molecule has 0 unspecified atom stereocenters. The molecule has 0 aliphatic carbocycles. The zero-order chi connectivity index (χ0) is 19.6. The van der Waals surface area contributed by atoms with Gasteiger partial charge >= 0.3 is 5.97 Å². The van der Waals surface area contributed by atoms with Crippen LogP contribution in [-0.2, 0) is 9.59 Å². The maximum Gasteiger partial charge on any atom is 0.335 e. The lowest BCUT2D eigenvalue weighted by atomic mass is 10.1. The van der Waals surface area contributed by atoms with Gasteiger partial charge in [0.1, 0.15) is 0 Å². The lowest BCUT2D eigenvalue weighted by Gasteiger charge is -2.30. The van der Waals surface area contributed by atoms with E-state index >= 15 is 0 Å². The van der Waals surface area contributed by atoms with E-state index in [-0.39, 0.29) is 10.7 Å². The average molecular weight is 381 g/mol. The van der Waals surface area contributed by atoms with E-state index in [4.69, 9.17) is 17.3 Å². The van der Waals surface area contributed by atoms with Gasteiger partial charge < -0.3 is 10.4 Å². The van der Waals surface area contributed by atoms with Crippen LogP contribution in [0.15, 0.2) is 53.5 Å². The van der Waals surface area contributed by atoms with E-state index in [1.807, 2.05) is 19.1 Å². The first-order chi connectivity index (χ1) is 12.9. The van der Waals surface area contributed by atoms with Gasteiger partial charge in [-0.3, -0.25) is 19.5 Å². The molecule has 1 fully saturated rings. The number of carboxylic acids is 1. The van der Waals surface area contributed by atoms with Crippen molar-refractivity contribution < 1.29 is 19.5 Å². The zero-order valence-electron chi connectivity index (χ0n) is 14.2. The molecule has 0 radical (unpaired) electrons. The number of aromatic carboxylic acids is 1. The molecule has 27 heavy (non-hydrogen) atoms. The quantitative estimate of drug-likeness (QED) is 0.482. The summed E-state index contributed by atoms with van der Waals surface area (Å²) in [5.41, 5.74) is 2.13. The minimum Gasteiger partial charge on any atom is -0.478 e. The molecular weight excluding hydrogens is 366 g/mol. The number of thiocarbonyl (C=S) groups is 1. The monoisotopic (exact) mass is 381 g/mol. The van der Waals surface area contributed by atoms with E-state index in [1.54, 1.807) is 12.1 Å². The van der Waals surface area contributed by atoms with Gasteiger partial charge in [-0.1, -0.05) is 17.7 Å². The molecular formula is C19H15N3O4S. The molecule has 1 aliphatic heterocycles. The third kappa shape index (κ3) is 3.90. The van der Waals surface area contributed by atoms with Crippen LogP contribution in [0.5, 0.6) is 0 Å². The number of carbonyl (C=O) groups is 3. The van der Waals surface area contributed by atoms with Crippen LogP contribution in [0.1, 0.15) is 15.9 Å². The van der Waals surface area contributed by atoms with Crippen molar-refractivity contribution in [2.45, 2.75) is 6.92 Å². The number of aliphatic imine (C=N–C) groups is 1. The molecule has 2 aromatic carbocycles. The highest BCUT2D eigenvalue weighted by atomic mass is 32.1. The van der Waals surface area contributed by atoms with Crippen LogP contribution in [0, 0.1) is 12.8 Å². The Morgan fingerprint density at radius 2 is 1.78 bits per heavy atom. The number of carbonyl (C=O) groups excluding carboxylic acids is 2. The number of nitrogens with zero attached hydrogens (tertiary/aromatic N) is 2. The third-order valence-corrected chi connectivity index (χ3v) is 4.27. The van der Waals surface area contributed by atoms with Gasteiger partial charge in [0.15, 0.2) is 11.0 Å². The van der Waals surface area contributed by atoms with Crippen LogP contribution >= 0.6 is 12.2 Å². The van der Waals surface area contributed by atoms with Gasteiger partial charge in [-0.05, 0) is 55.5 Å². The van der Waals surface area contributed by atoms with Crippen molar-refractivity contribution in [3.63, 3.8) is 0 Å². The minimum atomic E-state index is -1.14. The number of carboxylic acid groups (broad SMARTS) is 1. The first-order valence-electron chi connectivity index (χ1n) is 8.00. The van der Waals surface area contributed by atoms with Crippen LogP contribution in [0.2, 0.25) is 0 Å². The number of aryl methyl sites for hydroxylation is 1. The predicted molar refractivity (Wildman–Crippen MR) is 104 cm³/mol. The Morgan fingerprint density at radius 3 is 2.37 bits per heavy atom. The van der Waals surface area contributed by atoms with Crippen molar-refractivity contribution in [3.8, 4) is 0 Å². The maximum absolute atomic E-state index is 12.8. The molecule has 0 saturated carbocycles. The van der Waals surface area contributed by atoms with E-state index in [0.29, 0.717) is 11.4 Å². The second-order valence-electron chi connectivity index (χ2n) is 5.91. The summed E-state index contributed by atoms with van der Waals surface area (Å²) in [5, 5.41) is 11.4. The molecule has 3 rings (SSSR count). The summed E-state index contributed by atoms with van der Waals surface area (Å²) in [4.78, 5) is 41.3. The number of nitrogens with one attached hydrogen (secondary N) is 1. The molecule has 1 heterocycles. The molecule has 0 spiro atoms. The molecule has 2 aromatic rings. The van der Waals surface area contributed by atoms with Gasteiger partial charge in [0.2, 0.25) is 5.91 Å². The Kier molecular flexibility index (Phi) is 5.09. The Morgan fingerprint density at radius 1 is 1.15 bits per heavy atom. The van der Waals surface area contributed by atoms with Crippen LogP contribution in [-0.4, -0.2) is 34.2 Å². The number of benzene rings is 2. The highest BCUT2D eigenvalue weighted by Gasteiger charge is 2.38. The van der Waals surface area contributed by atoms with E-state index in [2.05, 4.69) is 10.3 Å². The number of amides is 2. The number of rotatable bonds is 4. The van der Waals surface area contributed by atoms with Gasteiger partial charge in [0.05, 0.1) is 16.9 Å². The highest BCUT2D eigenvalue weighted by molar-refractivity contribution is 7.80. The molecule has 2 amide bonds. The molecule has 0 bridgehead atoms. The maximum atomic E-state index is 12.8. The van der Waals surface area contributed by atoms with Crippen molar-refractivity contribution in [1.29, 1.82) is 0 Å². The van der Waals surface area contributed by atoms with E-state index in [9.17, 15) is 14.4 Å². The lowest BCUT2D eigenvalue weighted by Crippen LogP contribution is -2.58. The fraction of sp³-hybridized carbons (Fsp3) is 0.105. The van der Waals surface area contributed by atoms with Crippen LogP contribution in [0.4, 0.5) is 11.4 Å². The molecule has 1 aliphatic rings. The molecule has 2 N–H and O–H groups in total. The zero-order valence-corrected chi connectivity index (χ0v) is 15.1. The van der Waals surface area contributed by atoms with Crippen LogP contribution < -0.4 is 10.2 Å². The summed E-state index contributed by atoms with van der Waals surface area (Å²) in [7, 11) is 0. The molecule has 7 nitrogen and oxygen atoms in total. The Bertz CT molecular complexity index is 952. The van der Waals surface area contributed by atoms with Gasteiger partial charge in [0.25, 0.3) is 5.91 Å². The third-order valence-electron chi connectivity index (χ3n) is 3.98. The largest absolute Gasteiger partial charge is 0.478 e. The fourth-order valence-electron chi connectivity index (χ4n) is 2.51. The standard InChI is InChI=1S/C19H15N3O4S/c1-11-2-8-14(9-3-11)22-17(24)15(16(23)21-19(22)27)10-20-13-6-4-12(5-7-13)18(25)26/h2-10,15H,1H3,(H,25,26)(H,21,23,27)/t15-/m1/s1. The molecule has 8 heteroatoms. The van der Waals surface area contributed by atoms with Crippen molar-refractivity contribution in [2.75, 3.05) is 4.90 Å². The van der Waals surface area contributed by atoms with Gasteiger partial charge in [0, 0.05) is 6.21 Å². The molecule has 136 valence electrons. The number of anilines is 1. The SMILES string of the molecule is Cc1ccc(N2C(=O)[C@H](C=Nc3ccc(C(=O)O)cc3)C(=O)NC2=S)cc1. The van der Waals surface area contributed by atoms with Crippen molar-refractivity contribution >= 4 is 52.7 Å². The first-order valence-corrected chi connectivity index (χ1v) is 8.40. The highest BCUT2D eigenvalue weighted by Crippen LogP contribution is 2.21. The Hall–Kier alpha value is -3.39. The summed E-state index contributed by atoms with van der Waals surface area (Å²) < 4.78 is 0. The fourth-order valence-corrected chi connectivity index (χ4v) is 2.81. The summed E-state index contributed by atoms with van der Waals surface area (Å²) in [6.07, 6.45) is 1.23. The number of hydrogen-bond donors (Lipinski definition) is 2. The molecule has 0 aromatic heterocycles. The Labute approximate surface area is 160 Å². The average Bonchev–Trinajstić information content (AvgIpc) is 2.63. The second-order valence-corrected chi connectivity index (χ2v) is 6.30. The van der Waals surface area contributed by atoms with Crippen molar-refractivity contribution in [3.05, 3.63) is 59.7 Å². The summed E-state index contributed by atoms with van der Waals surface area (Å²) in [6.45, 7) is 1.92. The smallest absolute Gasteiger partial charge is 0.335 e. The van der Waals surface area contributed by atoms with Gasteiger partial charge in [-0.25, -0.2) is 4.79 Å². The first kappa shape index (κ1) is 18.4. The lowest BCUT2D eigenvalue weighted by molar-refractivity contribution is -0.130. The molecule has 1 saturated heterocycles. The summed E-state index contributed by atoms with van der Waals surface area (Å²) in [5.74, 6) is -3.25. The van der Waals surface area contributed by atoms with Gasteiger partial charge in [-0.15, -0.1) is 0 Å². The predicted octanol–water partition coefficient (Wildman–Crippen LogP) is 2.46. The minimum absolute atomic E-state index is 0.0179. The van der Waals surface area contributed by atoms with Crippen LogP contribution in [0.3, 0.4) is 0 Å². The normalized spacial score (nSPS) is 17.3.